The number of fused-ring (bicyclic) bond motifs is 1. The van der Waals surface area contributed by atoms with Gasteiger partial charge in [0.2, 0.25) is 0 Å². The zero-order valence-electron chi connectivity index (χ0n) is 9.96. The first-order chi connectivity index (χ1) is 9.18. The Morgan fingerprint density at radius 2 is 1.79 bits per heavy atom. The van der Waals surface area contributed by atoms with Crippen molar-refractivity contribution in [1.29, 1.82) is 0 Å². The molecule has 0 saturated heterocycles. The van der Waals surface area contributed by atoms with Gasteiger partial charge < -0.3 is 10.4 Å². The predicted molar refractivity (Wildman–Crippen MR) is 69.9 cm³/mol. The molecule has 1 amide bonds. The Labute approximate surface area is 109 Å². The van der Waals surface area contributed by atoms with Gasteiger partial charge in [0, 0.05) is 16.7 Å². The van der Waals surface area contributed by atoms with E-state index < -0.39 is 12.0 Å². The Bertz CT molecular complexity index is 664. The number of hydrogen-bond donors (Lipinski definition) is 2. The second-order valence-corrected chi connectivity index (χ2v) is 4.36. The maximum absolute atomic E-state index is 12.4. The molecule has 0 radical (unpaired) electrons. The summed E-state index contributed by atoms with van der Waals surface area (Å²) in [5, 5.41) is 12.3. The lowest BCUT2D eigenvalue weighted by molar-refractivity contribution is -0.123. The van der Waals surface area contributed by atoms with E-state index in [2.05, 4.69) is 5.32 Å². The minimum atomic E-state index is -1.20. The largest absolute Gasteiger partial charge is 0.378 e. The molecule has 1 heterocycles. The highest BCUT2D eigenvalue weighted by Crippen LogP contribution is 2.34. The summed E-state index contributed by atoms with van der Waals surface area (Å²) in [4.78, 5) is 23.9. The first kappa shape index (κ1) is 11.6. The van der Waals surface area contributed by atoms with Crippen molar-refractivity contribution < 1.29 is 14.7 Å². The summed E-state index contributed by atoms with van der Waals surface area (Å²) in [5.41, 5.74) is 1.81. The van der Waals surface area contributed by atoms with E-state index in [1.165, 1.54) is 0 Å². The summed E-state index contributed by atoms with van der Waals surface area (Å²) < 4.78 is 0. The molecule has 1 aliphatic rings. The number of nitrogens with one attached hydrogen (secondary N) is 1. The number of hydrogen-bond acceptors (Lipinski definition) is 3. The summed E-state index contributed by atoms with van der Waals surface area (Å²) >= 11 is 0. The van der Waals surface area contributed by atoms with Crippen molar-refractivity contribution in [2.75, 3.05) is 5.32 Å². The van der Waals surface area contributed by atoms with Gasteiger partial charge in [-0.1, -0.05) is 42.5 Å². The number of aliphatic hydroxyl groups excluding tert-OH is 1. The number of ketones is 1. The number of amides is 1. The molecule has 0 aliphatic carbocycles. The molecule has 2 aromatic rings. The third-order valence-electron chi connectivity index (χ3n) is 3.17. The summed E-state index contributed by atoms with van der Waals surface area (Å²) in [6, 6.07) is 13.8. The predicted octanol–water partition coefficient (Wildman–Crippen LogP) is 1.90. The zero-order chi connectivity index (χ0) is 13.4. The number of anilines is 1. The molecule has 2 aromatic carbocycles. The van der Waals surface area contributed by atoms with Crippen molar-refractivity contribution in [2.45, 2.75) is 6.10 Å². The number of aliphatic hydroxyl groups is 1. The molecule has 0 bridgehead atoms. The van der Waals surface area contributed by atoms with Crippen molar-refractivity contribution in [2.24, 2.45) is 0 Å². The average molecular weight is 253 g/mol. The molecule has 0 aromatic heterocycles. The minimum absolute atomic E-state index is 0.174. The smallest absolute Gasteiger partial charge is 0.257 e. The van der Waals surface area contributed by atoms with E-state index >= 15 is 0 Å². The van der Waals surface area contributed by atoms with E-state index in [4.69, 9.17) is 0 Å². The standard InChI is InChI=1S/C15H11NO3/c17-13(9-5-2-1-3-6-9)10-7-4-8-11-12(10)16-15(19)14(11)18/h1-8,14,18H,(H,16,19)/t14-/m0/s1. The van der Waals surface area contributed by atoms with Gasteiger partial charge >= 0.3 is 0 Å². The quantitative estimate of drug-likeness (QED) is 0.803. The van der Waals surface area contributed by atoms with E-state index in [9.17, 15) is 14.7 Å². The molecule has 0 unspecified atom stereocenters. The molecule has 94 valence electrons. The molecule has 0 fully saturated rings. The first-order valence-electron chi connectivity index (χ1n) is 5.90. The van der Waals surface area contributed by atoms with Crippen LogP contribution in [0.3, 0.4) is 0 Å². The SMILES string of the molecule is O=C(c1ccccc1)c1cccc2c1NC(=O)[C@H]2O. The van der Waals surface area contributed by atoms with Gasteiger partial charge in [-0.05, 0) is 6.07 Å². The molecular weight excluding hydrogens is 242 g/mol. The van der Waals surface area contributed by atoms with Crippen LogP contribution in [-0.4, -0.2) is 16.8 Å². The van der Waals surface area contributed by atoms with Gasteiger partial charge in [0.05, 0.1) is 5.69 Å². The van der Waals surface area contributed by atoms with Crippen LogP contribution < -0.4 is 5.32 Å². The van der Waals surface area contributed by atoms with Gasteiger partial charge in [-0.25, -0.2) is 0 Å². The molecule has 0 spiro atoms. The molecule has 4 heteroatoms. The van der Waals surface area contributed by atoms with Crippen LogP contribution in [0.5, 0.6) is 0 Å². The topological polar surface area (TPSA) is 66.4 Å². The zero-order valence-corrected chi connectivity index (χ0v) is 9.96. The maximum Gasteiger partial charge on any atom is 0.257 e. The molecule has 2 N–H and O–H groups in total. The van der Waals surface area contributed by atoms with E-state index in [0.29, 0.717) is 22.4 Å². The van der Waals surface area contributed by atoms with E-state index in [1.54, 1.807) is 42.5 Å². The van der Waals surface area contributed by atoms with Crippen LogP contribution in [0.15, 0.2) is 48.5 Å². The van der Waals surface area contributed by atoms with E-state index in [0.717, 1.165) is 0 Å². The van der Waals surface area contributed by atoms with E-state index in [-0.39, 0.29) is 5.78 Å². The molecule has 4 nitrogen and oxygen atoms in total. The third-order valence-corrected chi connectivity index (χ3v) is 3.17. The maximum atomic E-state index is 12.4. The van der Waals surface area contributed by atoms with Crippen molar-refractivity contribution in [1.82, 2.24) is 0 Å². The van der Waals surface area contributed by atoms with Crippen LogP contribution in [0, 0.1) is 0 Å². The van der Waals surface area contributed by atoms with Crippen LogP contribution in [-0.2, 0) is 4.79 Å². The monoisotopic (exact) mass is 253 g/mol. The Kier molecular flexibility index (Phi) is 2.65. The van der Waals surface area contributed by atoms with Crippen LogP contribution in [0.25, 0.3) is 0 Å². The lowest BCUT2D eigenvalue weighted by Gasteiger charge is -2.07. The van der Waals surface area contributed by atoms with Crippen LogP contribution >= 0.6 is 0 Å². The molecule has 1 atom stereocenters. The van der Waals surface area contributed by atoms with E-state index in [1.807, 2.05) is 6.07 Å². The fourth-order valence-electron chi connectivity index (χ4n) is 2.20. The lowest BCUT2D eigenvalue weighted by atomic mass is 9.99. The van der Waals surface area contributed by atoms with Gasteiger partial charge in [0.25, 0.3) is 5.91 Å². The average Bonchev–Trinajstić information content (AvgIpc) is 2.75. The number of para-hydroxylation sites is 1. The summed E-state index contributed by atoms with van der Waals surface area (Å²) in [5.74, 6) is -0.671. The molecule has 19 heavy (non-hydrogen) atoms. The number of rotatable bonds is 2. The fourth-order valence-corrected chi connectivity index (χ4v) is 2.20. The molecule has 0 saturated carbocycles. The minimum Gasteiger partial charge on any atom is -0.378 e. The summed E-state index contributed by atoms with van der Waals surface area (Å²) in [6.07, 6.45) is -1.20. The fraction of sp³-hybridized carbons (Fsp3) is 0.0667. The Balaban J connectivity index is 2.09. The number of benzene rings is 2. The normalized spacial score (nSPS) is 16.9. The number of carbonyl (C=O) groups is 2. The third kappa shape index (κ3) is 1.82. The van der Waals surface area contributed by atoms with Crippen molar-refractivity contribution >= 4 is 17.4 Å². The van der Waals surface area contributed by atoms with Crippen molar-refractivity contribution in [3.63, 3.8) is 0 Å². The number of carbonyl (C=O) groups excluding carboxylic acids is 2. The Hall–Kier alpha value is -2.46. The molecule has 1 aliphatic heterocycles. The van der Waals surface area contributed by atoms with Gasteiger partial charge in [-0.2, -0.15) is 0 Å². The van der Waals surface area contributed by atoms with Crippen LogP contribution in [0.4, 0.5) is 5.69 Å². The summed E-state index contributed by atoms with van der Waals surface area (Å²) in [7, 11) is 0. The Morgan fingerprint density at radius 3 is 2.53 bits per heavy atom. The molecule has 3 rings (SSSR count). The van der Waals surface area contributed by atoms with Crippen LogP contribution in [0.1, 0.15) is 27.6 Å². The summed E-state index contributed by atoms with van der Waals surface area (Å²) in [6.45, 7) is 0. The van der Waals surface area contributed by atoms with Gasteiger partial charge in [0.15, 0.2) is 11.9 Å². The van der Waals surface area contributed by atoms with Gasteiger partial charge in [-0.3, -0.25) is 9.59 Å². The van der Waals surface area contributed by atoms with Crippen molar-refractivity contribution in [3.05, 3.63) is 65.2 Å². The highest BCUT2D eigenvalue weighted by Gasteiger charge is 2.31. The Morgan fingerprint density at radius 1 is 1.05 bits per heavy atom. The lowest BCUT2D eigenvalue weighted by Crippen LogP contribution is -2.11. The van der Waals surface area contributed by atoms with Gasteiger partial charge in [0.1, 0.15) is 0 Å². The highest BCUT2D eigenvalue weighted by molar-refractivity contribution is 6.16. The second-order valence-electron chi connectivity index (χ2n) is 4.36. The van der Waals surface area contributed by atoms with Crippen LogP contribution in [0.2, 0.25) is 0 Å². The first-order valence-corrected chi connectivity index (χ1v) is 5.90. The van der Waals surface area contributed by atoms with Crippen molar-refractivity contribution in [3.8, 4) is 0 Å². The van der Waals surface area contributed by atoms with Gasteiger partial charge in [-0.15, -0.1) is 0 Å². The second kappa shape index (κ2) is 4.33. The highest BCUT2D eigenvalue weighted by atomic mass is 16.3. The molecular formula is C15H11NO3.